The molecule has 0 aliphatic heterocycles. The summed E-state index contributed by atoms with van der Waals surface area (Å²) in [6.45, 7) is 0. The fourth-order valence-corrected chi connectivity index (χ4v) is 0.143. The van der Waals surface area contributed by atoms with Gasteiger partial charge in [-0.15, -0.1) is 0 Å². The van der Waals surface area contributed by atoms with E-state index in [1.165, 1.54) is 0 Å². The normalized spacial score (nSPS) is 9.17. The smallest absolute Gasteiger partial charge is 0.339 e. The van der Waals surface area contributed by atoms with Crippen molar-refractivity contribution in [2.75, 3.05) is 0 Å². The monoisotopic (exact) mass is 180 g/mol. The maximum Gasteiger partial charge on any atom is 0.556 e. The molecule has 0 unspecified atom stereocenters. The van der Waals surface area contributed by atoms with Crippen molar-refractivity contribution in [1.29, 1.82) is 0 Å². The summed E-state index contributed by atoms with van der Waals surface area (Å²) in [5, 5.41) is 5.04. The summed E-state index contributed by atoms with van der Waals surface area (Å²) in [4.78, 5) is 34.3. The van der Waals surface area contributed by atoms with Gasteiger partial charge in [0.2, 0.25) is 0 Å². The molecule has 10 nitrogen and oxygen atoms in total. The lowest BCUT2D eigenvalue weighted by Crippen LogP contribution is -2.10. The zero-order valence-corrected chi connectivity index (χ0v) is 5.50. The highest BCUT2D eigenvalue weighted by Gasteiger charge is 2.01. The highest BCUT2D eigenvalue weighted by Crippen LogP contribution is 1.86. The van der Waals surface area contributed by atoms with Crippen molar-refractivity contribution < 1.29 is 28.9 Å². The molecule has 0 heterocycles. The first kappa shape index (κ1) is 10.1. The lowest BCUT2D eigenvalue weighted by molar-refractivity contribution is 0.0146. The summed E-state index contributed by atoms with van der Waals surface area (Å²) in [6, 6.07) is 0. The average molecular weight is 180 g/mol. The van der Waals surface area contributed by atoms with Crippen molar-refractivity contribution in [1.82, 2.24) is 0 Å². The number of nitrogens with two attached hydrogens (primary N) is 2. The molecule has 0 aromatic carbocycles. The Morgan fingerprint density at radius 3 is 1.50 bits per heavy atom. The molecule has 68 valence electrons. The van der Waals surface area contributed by atoms with Gasteiger partial charge < -0.3 is 9.68 Å². The first-order valence-electron chi connectivity index (χ1n) is 2.26. The Kier molecular flexibility index (Phi) is 4.88. The highest BCUT2D eigenvalue weighted by molar-refractivity contribution is 5.59. The molecule has 0 saturated heterocycles. The van der Waals surface area contributed by atoms with Gasteiger partial charge in [-0.3, -0.25) is 9.68 Å². The fraction of sp³-hybridized carbons (Fsp3) is 0. The maximum atomic E-state index is 10.0. The molecular formula is C2H4N4O6. The number of nitrogens with zero attached hydrogens (tertiary/aromatic N) is 2. The summed E-state index contributed by atoms with van der Waals surface area (Å²) in [6.07, 6.45) is -2.66. The zero-order chi connectivity index (χ0) is 9.40. The Hall–Kier alpha value is -1.94. The van der Waals surface area contributed by atoms with E-state index in [9.17, 15) is 9.59 Å². The topological polar surface area (TPSA) is 148 Å². The van der Waals surface area contributed by atoms with Gasteiger partial charge in [0.1, 0.15) is 0 Å². The molecule has 0 saturated carbocycles. The molecule has 0 atom stereocenters. The Morgan fingerprint density at radius 2 is 1.25 bits per heavy atom. The van der Waals surface area contributed by atoms with Gasteiger partial charge in [-0.2, -0.15) is 21.4 Å². The van der Waals surface area contributed by atoms with Crippen LogP contribution in [0.2, 0.25) is 0 Å². The maximum absolute atomic E-state index is 10.0. The van der Waals surface area contributed by atoms with Gasteiger partial charge >= 0.3 is 12.3 Å². The first-order chi connectivity index (χ1) is 5.70. The fourth-order valence-electron chi connectivity index (χ4n) is 0.143. The predicted molar refractivity (Wildman–Crippen MR) is 28.4 cm³/mol. The number of hydrogen-bond donors (Lipinski definition) is 2. The van der Waals surface area contributed by atoms with E-state index in [0.717, 1.165) is 0 Å². The summed E-state index contributed by atoms with van der Waals surface area (Å²) < 4.78 is 0. The van der Waals surface area contributed by atoms with Gasteiger partial charge in [-0.05, 0) is 0 Å². The Balaban J connectivity index is 3.50. The summed E-state index contributed by atoms with van der Waals surface area (Å²) in [5.41, 5.74) is 0. The van der Waals surface area contributed by atoms with Crippen LogP contribution in [0, 0.1) is 0 Å². The highest BCUT2D eigenvalue weighted by atomic mass is 16.9. The van der Waals surface area contributed by atoms with Crippen LogP contribution in [0.1, 0.15) is 0 Å². The SMILES string of the molecule is NOC(=O)ON=NOC(=O)ON. The van der Waals surface area contributed by atoms with Crippen molar-refractivity contribution in [3.05, 3.63) is 0 Å². The second kappa shape index (κ2) is 5.82. The van der Waals surface area contributed by atoms with Crippen LogP contribution >= 0.6 is 0 Å². The quantitative estimate of drug-likeness (QED) is 0.419. The van der Waals surface area contributed by atoms with Crippen LogP contribution < -0.4 is 11.8 Å². The first-order valence-corrected chi connectivity index (χ1v) is 2.26. The van der Waals surface area contributed by atoms with E-state index in [1.807, 2.05) is 0 Å². The van der Waals surface area contributed by atoms with Crippen LogP contribution in [0.25, 0.3) is 0 Å². The second-order valence-corrected chi connectivity index (χ2v) is 1.08. The minimum Gasteiger partial charge on any atom is -0.339 e. The summed E-state index contributed by atoms with van der Waals surface area (Å²) >= 11 is 0. The van der Waals surface area contributed by atoms with Gasteiger partial charge in [0.05, 0.1) is 10.6 Å². The van der Waals surface area contributed by atoms with Gasteiger partial charge in [0.25, 0.3) is 0 Å². The van der Waals surface area contributed by atoms with Crippen molar-refractivity contribution in [2.45, 2.75) is 0 Å². The van der Waals surface area contributed by atoms with Crippen molar-refractivity contribution >= 4 is 12.3 Å². The molecule has 0 rings (SSSR count). The molecule has 12 heavy (non-hydrogen) atoms. The van der Waals surface area contributed by atoms with Crippen molar-refractivity contribution in [2.24, 2.45) is 22.3 Å². The van der Waals surface area contributed by atoms with E-state index in [4.69, 9.17) is 0 Å². The molecule has 0 spiro atoms. The molecule has 4 N–H and O–H groups in total. The van der Waals surface area contributed by atoms with Gasteiger partial charge in [-0.25, -0.2) is 0 Å². The van der Waals surface area contributed by atoms with E-state index in [2.05, 4.69) is 41.7 Å². The molecule has 0 radical (unpaired) electrons. The third-order valence-corrected chi connectivity index (χ3v) is 0.457. The van der Waals surface area contributed by atoms with Crippen LogP contribution in [0.5, 0.6) is 0 Å². The largest absolute Gasteiger partial charge is 0.556 e. The molecule has 0 bridgehead atoms. The molecule has 0 aromatic heterocycles. The van der Waals surface area contributed by atoms with Gasteiger partial charge in [0.15, 0.2) is 0 Å². The van der Waals surface area contributed by atoms with E-state index in [-0.39, 0.29) is 0 Å². The predicted octanol–water partition coefficient (Wildman–Crippen LogP) is -0.678. The number of hydrogen-bond acceptors (Lipinski definition) is 10. The Bertz CT molecular complexity index is 170. The van der Waals surface area contributed by atoms with E-state index in [1.54, 1.807) is 0 Å². The minimum atomic E-state index is -1.33. The Labute approximate surface area is 64.8 Å². The zero-order valence-electron chi connectivity index (χ0n) is 5.50. The number of carbonyl (C=O) groups excluding carboxylic acids is 2. The third-order valence-electron chi connectivity index (χ3n) is 0.457. The molecule has 0 aromatic rings. The van der Waals surface area contributed by atoms with E-state index >= 15 is 0 Å². The van der Waals surface area contributed by atoms with Crippen molar-refractivity contribution in [3.63, 3.8) is 0 Å². The summed E-state index contributed by atoms with van der Waals surface area (Å²) in [5.74, 6) is 8.62. The molecule has 0 fully saturated rings. The Morgan fingerprint density at radius 1 is 0.917 bits per heavy atom. The second-order valence-electron chi connectivity index (χ2n) is 1.08. The minimum absolute atomic E-state index is 1.33. The number of rotatable bonds is 2. The average Bonchev–Trinajstić information content (AvgIpc) is 2.11. The third kappa shape index (κ3) is 4.89. The van der Waals surface area contributed by atoms with Crippen LogP contribution in [0.3, 0.4) is 0 Å². The molecule has 10 heteroatoms. The lowest BCUT2D eigenvalue weighted by atomic mass is 11.4. The standard InChI is InChI=1S/C2H4N4O6/c3-9-1(7)11-5-6-12-2(8)10-4/h3-4H2. The summed E-state index contributed by atoms with van der Waals surface area (Å²) in [7, 11) is 0. The lowest BCUT2D eigenvalue weighted by Gasteiger charge is -1.90. The number of carbonyl (C=O) groups is 2. The molecule has 0 aliphatic carbocycles. The van der Waals surface area contributed by atoms with E-state index < -0.39 is 12.3 Å². The molecular weight excluding hydrogens is 176 g/mol. The van der Waals surface area contributed by atoms with Gasteiger partial charge in [0, 0.05) is 0 Å². The molecule has 0 amide bonds. The molecule has 0 aliphatic rings. The van der Waals surface area contributed by atoms with Crippen LogP contribution in [0.4, 0.5) is 9.59 Å². The van der Waals surface area contributed by atoms with E-state index in [0.29, 0.717) is 0 Å². The van der Waals surface area contributed by atoms with Crippen LogP contribution in [-0.4, -0.2) is 12.3 Å². The van der Waals surface area contributed by atoms with Crippen LogP contribution in [0.15, 0.2) is 10.6 Å². The van der Waals surface area contributed by atoms with Crippen LogP contribution in [-0.2, 0) is 19.4 Å². The van der Waals surface area contributed by atoms with Crippen molar-refractivity contribution in [3.8, 4) is 0 Å². The van der Waals surface area contributed by atoms with Gasteiger partial charge in [-0.1, -0.05) is 0 Å².